The molecule has 2 aliphatic rings. The molecule has 16 heavy (non-hydrogen) atoms. The molecule has 0 amide bonds. The summed E-state index contributed by atoms with van der Waals surface area (Å²) in [5, 5.41) is 0. The SMILES string of the molecule is C[SiH]C.[C-]1=CC=CC1.[C-]1=CC=CC1.[F-].[F-].[Zr+4]. The normalized spacial score (nSPS) is 12.1. The summed E-state index contributed by atoms with van der Waals surface area (Å²) in [5.41, 5.74) is 0. The van der Waals surface area contributed by atoms with Crippen LogP contribution in [-0.4, -0.2) is 9.52 Å². The molecule has 0 atom stereocenters. The predicted molar refractivity (Wildman–Crippen MR) is 62.0 cm³/mol. The molecule has 0 saturated carbocycles. The summed E-state index contributed by atoms with van der Waals surface area (Å²) in [4.78, 5) is 0. The van der Waals surface area contributed by atoms with E-state index < -0.39 is 0 Å². The molecule has 0 spiro atoms. The van der Waals surface area contributed by atoms with Crippen LogP contribution in [0.15, 0.2) is 36.5 Å². The van der Waals surface area contributed by atoms with Crippen molar-refractivity contribution in [3.63, 3.8) is 0 Å². The van der Waals surface area contributed by atoms with Crippen LogP contribution in [0.1, 0.15) is 12.8 Å². The standard InChI is InChI=1S/2C5H5.C2H7Si.2FH.Zr/c2*1-2-4-5-3-1;1-3-2;;;/h2*1-3H,4H2;3H,1-2H3;2*1H;/q2*-1;;;;+4/p-2. The van der Waals surface area contributed by atoms with Crippen LogP contribution in [0, 0.1) is 12.2 Å². The van der Waals surface area contributed by atoms with Crippen molar-refractivity contribution in [1.82, 2.24) is 0 Å². The van der Waals surface area contributed by atoms with Gasteiger partial charge in [0.2, 0.25) is 0 Å². The van der Waals surface area contributed by atoms with Gasteiger partial charge in [0.25, 0.3) is 0 Å². The van der Waals surface area contributed by atoms with E-state index in [0.717, 1.165) is 22.4 Å². The minimum absolute atomic E-state index is 0. The van der Waals surface area contributed by atoms with Crippen LogP contribution >= 0.6 is 0 Å². The van der Waals surface area contributed by atoms with Crippen molar-refractivity contribution >= 4 is 9.52 Å². The first-order valence-electron chi connectivity index (χ1n) is 4.59. The summed E-state index contributed by atoms with van der Waals surface area (Å²) in [5.74, 6) is 0. The third kappa shape index (κ3) is 23.6. The first-order valence-corrected chi connectivity index (χ1v) is 6.90. The maximum absolute atomic E-state index is 2.99. The van der Waals surface area contributed by atoms with E-state index in [4.69, 9.17) is 0 Å². The first-order chi connectivity index (χ1) is 6.41. The van der Waals surface area contributed by atoms with E-state index in [1.165, 1.54) is 0 Å². The van der Waals surface area contributed by atoms with Gasteiger partial charge in [0.15, 0.2) is 0 Å². The Morgan fingerprint density at radius 2 is 1.19 bits per heavy atom. The molecule has 0 nitrogen and oxygen atoms in total. The van der Waals surface area contributed by atoms with E-state index in [-0.39, 0.29) is 35.6 Å². The topological polar surface area (TPSA) is 0 Å². The summed E-state index contributed by atoms with van der Waals surface area (Å²) < 4.78 is 0. The summed E-state index contributed by atoms with van der Waals surface area (Å²) in [6, 6.07) is 0. The van der Waals surface area contributed by atoms with Gasteiger partial charge in [-0.1, -0.05) is 13.1 Å². The number of halogens is 2. The minimum Gasteiger partial charge on any atom is -1.00 e. The van der Waals surface area contributed by atoms with E-state index in [1.807, 2.05) is 24.3 Å². The molecular formula is C12H17F2SiZr. The third-order valence-corrected chi connectivity index (χ3v) is 1.17. The van der Waals surface area contributed by atoms with E-state index in [0.29, 0.717) is 0 Å². The average Bonchev–Trinajstić information content (AvgIpc) is 2.85. The van der Waals surface area contributed by atoms with E-state index in [1.54, 1.807) is 0 Å². The fraction of sp³-hybridized carbons (Fsp3) is 0.333. The van der Waals surface area contributed by atoms with Crippen LogP contribution in [-0.2, 0) is 26.2 Å². The number of allylic oxidation sites excluding steroid dienone is 8. The Morgan fingerprint density at radius 1 is 0.875 bits per heavy atom. The second-order valence-corrected chi connectivity index (χ2v) is 3.74. The Morgan fingerprint density at radius 3 is 1.25 bits per heavy atom. The van der Waals surface area contributed by atoms with Crippen LogP contribution in [0.2, 0.25) is 13.1 Å². The predicted octanol–water partition coefficient (Wildman–Crippen LogP) is -2.86. The van der Waals surface area contributed by atoms with E-state index in [9.17, 15) is 0 Å². The van der Waals surface area contributed by atoms with Gasteiger partial charge in [-0.05, 0) is 0 Å². The van der Waals surface area contributed by atoms with Crippen molar-refractivity contribution in [3.05, 3.63) is 48.6 Å². The van der Waals surface area contributed by atoms with Crippen molar-refractivity contribution in [2.45, 2.75) is 25.9 Å². The largest absolute Gasteiger partial charge is 4.00 e. The number of hydrogen-bond acceptors (Lipinski definition) is 0. The molecule has 0 aromatic rings. The molecule has 0 unspecified atom stereocenters. The summed E-state index contributed by atoms with van der Waals surface area (Å²) >= 11 is 0. The number of hydrogen-bond donors (Lipinski definition) is 0. The van der Waals surface area contributed by atoms with Crippen LogP contribution < -0.4 is 9.41 Å². The van der Waals surface area contributed by atoms with Crippen molar-refractivity contribution in [3.8, 4) is 0 Å². The van der Waals surface area contributed by atoms with E-state index >= 15 is 0 Å². The minimum atomic E-state index is 0. The smallest absolute Gasteiger partial charge is 1.00 e. The van der Waals surface area contributed by atoms with Crippen LogP contribution in [0.5, 0.6) is 0 Å². The summed E-state index contributed by atoms with van der Waals surface area (Å²) in [6.07, 6.45) is 20.0. The van der Waals surface area contributed by atoms with Crippen LogP contribution in [0.3, 0.4) is 0 Å². The molecule has 0 aliphatic heterocycles. The van der Waals surface area contributed by atoms with Crippen LogP contribution in [0.25, 0.3) is 0 Å². The monoisotopic (exact) mass is 317 g/mol. The van der Waals surface area contributed by atoms with Gasteiger partial charge in [-0.15, -0.1) is 12.8 Å². The Balaban J connectivity index is -0.0000000638. The molecule has 0 bridgehead atoms. The molecule has 0 fully saturated rings. The Kier molecular flexibility index (Phi) is 37.8. The van der Waals surface area contributed by atoms with Crippen molar-refractivity contribution in [1.29, 1.82) is 0 Å². The zero-order chi connectivity index (χ0) is 9.78. The first kappa shape index (κ1) is 24.9. The average molecular weight is 319 g/mol. The van der Waals surface area contributed by atoms with Gasteiger partial charge < -0.3 is 9.41 Å². The quantitative estimate of drug-likeness (QED) is 0.333. The Hall–Kier alpha value is -0.0800. The zero-order valence-electron chi connectivity index (χ0n) is 9.71. The Labute approximate surface area is 119 Å². The molecule has 2 aliphatic carbocycles. The molecule has 2 rings (SSSR count). The summed E-state index contributed by atoms with van der Waals surface area (Å²) in [6.45, 7) is 4.42. The van der Waals surface area contributed by atoms with Gasteiger partial charge >= 0.3 is 26.2 Å². The molecule has 0 aromatic heterocycles. The van der Waals surface area contributed by atoms with Gasteiger partial charge in [-0.25, -0.2) is 24.3 Å². The molecule has 0 aromatic carbocycles. The zero-order valence-corrected chi connectivity index (χ0v) is 13.3. The van der Waals surface area contributed by atoms with Gasteiger partial charge in [0.05, 0.1) is 0 Å². The molecule has 0 saturated heterocycles. The van der Waals surface area contributed by atoms with Crippen LogP contribution in [0.4, 0.5) is 0 Å². The maximum atomic E-state index is 2.99. The van der Waals surface area contributed by atoms with Gasteiger partial charge in [-0.2, -0.15) is 12.2 Å². The van der Waals surface area contributed by atoms with Gasteiger partial charge in [0, 0.05) is 9.52 Å². The second kappa shape index (κ2) is 24.2. The van der Waals surface area contributed by atoms with Crippen molar-refractivity contribution in [2.75, 3.05) is 0 Å². The van der Waals surface area contributed by atoms with Crippen molar-refractivity contribution < 1.29 is 35.6 Å². The second-order valence-electron chi connectivity index (χ2n) is 2.58. The molecule has 0 N–H and O–H groups in total. The summed E-state index contributed by atoms with van der Waals surface area (Å²) in [7, 11) is 0.750. The fourth-order valence-corrected chi connectivity index (χ4v) is 0.680. The van der Waals surface area contributed by atoms with Crippen molar-refractivity contribution in [2.24, 2.45) is 0 Å². The Bertz CT molecular complexity index is 169. The molecule has 4 heteroatoms. The van der Waals surface area contributed by atoms with Gasteiger partial charge in [0.1, 0.15) is 0 Å². The molecule has 0 heterocycles. The van der Waals surface area contributed by atoms with E-state index in [2.05, 4.69) is 37.4 Å². The number of rotatable bonds is 0. The molecule has 87 valence electrons. The van der Waals surface area contributed by atoms with Gasteiger partial charge in [-0.3, -0.25) is 12.2 Å². The third-order valence-electron chi connectivity index (χ3n) is 1.17. The molecular weight excluding hydrogens is 301 g/mol. The molecule has 1 radical (unpaired) electrons. The maximum Gasteiger partial charge on any atom is 4.00 e. The fourth-order valence-electron chi connectivity index (χ4n) is 0.680.